The van der Waals surface area contributed by atoms with Crippen LogP contribution in [0.3, 0.4) is 0 Å². The van der Waals surface area contributed by atoms with Gasteiger partial charge in [0.15, 0.2) is 0 Å². The van der Waals surface area contributed by atoms with Crippen LogP contribution < -0.4 is 5.32 Å². The molecule has 5 heteroatoms. The van der Waals surface area contributed by atoms with Crippen molar-refractivity contribution < 1.29 is 4.79 Å². The van der Waals surface area contributed by atoms with Crippen LogP contribution in [-0.4, -0.2) is 40.7 Å². The highest BCUT2D eigenvalue weighted by Gasteiger charge is 2.36. The molecule has 1 fully saturated rings. The second kappa shape index (κ2) is 6.77. The summed E-state index contributed by atoms with van der Waals surface area (Å²) in [7, 11) is 3.70. The molecule has 1 aliphatic heterocycles. The first-order chi connectivity index (χ1) is 11.5. The third-order valence-corrected chi connectivity index (χ3v) is 5.07. The molecule has 2 atom stereocenters. The number of nitrogens with one attached hydrogen (secondary N) is 1. The van der Waals surface area contributed by atoms with Crippen LogP contribution >= 0.6 is 0 Å². The number of benzene rings is 1. The van der Waals surface area contributed by atoms with Gasteiger partial charge in [-0.3, -0.25) is 9.48 Å². The molecule has 128 valence electrons. The van der Waals surface area contributed by atoms with E-state index in [1.165, 1.54) is 5.56 Å². The summed E-state index contributed by atoms with van der Waals surface area (Å²) < 4.78 is 1.73. The van der Waals surface area contributed by atoms with Crippen molar-refractivity contribution in [1.29, 1.82) is 0 Å². The number of aromatic nitrogens is 2. The number of likely N-dealkylation sites (tertiary alicyclic amines) is 1. The van der Waals surface area contributed by atoms with Crippen molar-refractivity contribution in [3.8, 4) is 0 Å². The Kier molecular flexibility index (Phi) is 4.71. The Hall–Kier alpha value is -2.14. The van der Waals surface area contributed by atoms with E-state index in [1.54, 1.807) is 10.9 Å². The Balaban J connectivity index is 1.80. The van der Waals surface area contributed by atoms with E-state index in [-0.39, 0.29) is 17.4 Å². The normalized spacial score (nSPS) is 22.4. The third-order valence-electron chi connectivity index (χ3n) is 5.07. The van der Waals surface area contributed by atoms with Crippen molar-refractivity contribution in [2.75, 3.05) is 20.1 Å². The highest BCUT2D eigenvalue weighted by molar-refractivity contribution is 5.83. The first kappa shape index (κ1) is 16.7. The molecule has 1 saturated heterocycles. The number of rotatable bonds is 4. The van der Waals surface area contributed by atoms with Gasteiger partial charge in [0.05, 0.1) is 6.20 Å². The molecule has 0 saturated carbocycles. The molecule has 1 aromatic heterocycles. The number of piperidine rings is 1. The summed E-state index contributed by atoms with van der Waals surface area (Å²) in [5.74, 6) is 0.132. The van der Waals surface area contributed by atoms with Crippen molar-refractivity contribution in [3.63, 3.8) is 0 Å². The maximum atomic E-state index is 13.1. The molecule has 0 bridgehead atoms. The van der Waals surface area contributed by atoms with Crippen LogP contribution in [0.15, 0.2) is 42.7 Å². The molecule has 1 aromatic carbocycles. The number of carbonyl (C=O) groups excluding carboxylic acids is 1. The highest BCUT2D eigenvalue weighted by Crippen LogP contribution is 2.34. The summed E-state index contributed by atoms with van der Waals surface area (Å²) >= 11 is 0. The lowest BCUT2D eigenvalue weighted by Gasteiger charge is -2.42. The topological polar surface area (TPSA) is 50.2 Å². The van der Waals surface area contributed by atoms with E-state index in [4.69, 9.17) is 0 Å². The zero-order valence-corrected chi connectivity index (χ0v) is 14.7. The van der Waals surface area contributed by atoms with E-state index in [9.17, 15) is 4.79 Å². The minimum Gasteiger partial charge on any atom is -0.340 e. The summed E-state index contributed by atoms with van der Waals surface area (Å²) in [5.41, 5.74) is 2.24. The molecule has 1 N–H and O–H groups in total. The van der Waals surface area contributed by atoms with Crippen LogP contribution in [-0.2, 0) is 17.3 Å². The molecule has 1 amide bonds. The SMILES string of the molecule is CNC(C(=O)N1CCCC(C)(c2ccccc2)C1)c1cnn(C)c1. The fourth-order valence-electron chi connectivity index (χ4n) is 3.71. The number of aryl methyl sites for hydroxylation is 1. The van der Waals surface area contributed by atoms with E-state index in [0.717, 1.165) is 31.5 Å². The number of nitrogens with zero attached hydrogens (tertiary/aromatic N) is 3. The standard InChI is InChI=1S/C19H26N4O/c1-19(16-8-5-4-6-9-16)10-7-11-23(14-19)18(24)17(20-2)15-12-21-22(3)13-15/h4-6,8-9,12-13,17,20H,7,10-11,14H2,1-3H3. The molecule has 5 nitrogen and oxygen atoms in total. The molecule has 1 aliphatic rings. The maximum Gasteiger partial charge on any atom is 0.244 e. The van der Waals surface area contributed by atoms with Crippen molar-refractivity contribution in [1.82, 2.24) is 20.0 Å². The van der Waals surface area contributed by atoms with Crippen LogP contribution in [0.25, 0.3) is 0 Å². The van der Waals surface area contributed by atoms with Gasteiger partial charge in [0.2, 0.25) is 5.91 Å². The number of carbonyl (C=O) groups is 1. The van der Waals surface area contributed by atoms with Gasteiger partial charge in [0, 0.05) is 37.3 Å². The van der Waals surface area contributed by atoms with Gasteiger partial charge >= 0.3 is 0 Å². The molecule has 2 unspecified atom stereocenters. The lowest BCUT2D eigenvalue weighted by molar-refractivity contribution is -0.135. The predicted octanol–water partition coefficient (Wildman–Crippen LogP) is 2.26. The second-order valence-corrected chi connectivity index (χ2v) is 6.96. The van der Waals surface area contributed by atoms with Crippen LogP contribution in [0.5, 0.6) is 0 Å². The Morgan fingerprint density at radius 3 is 2.71 bits per heavy atom. The average molecular weight is 326 g/mol. The summed E-state index contributed by atoms with van der Waals surface area (Å²) in [6, 6.07) is 10.2. The Labute approximate surface area is 143 Å². The summed E-state index contributed by atoms with van der Waals surface area (Å²) in [6.45, 7) is 3.84. The first-order valence-corrected chi connectivity index (χ1v) is 8.53. The Bertz CT molecular complexity index is 696. The predicted molar refractivity (Wildman–Crippen MR) is 94.6 cm³/mol. The van der Waals surface area contributed by atoms with E-state index in [1.807, 2.05) is 31.3 Å². The van der Waals surface area contributed by atoms with Crippen molar-refractivity contribution in [2.45, 2.75) is 31.2 Å². The lowest BCUT2D eigenvalue weighted by Crippen LogP contribution is -2.50. The monoisotopic (exact) mass is 326 g/mol. The molecule has 24 heavy (non-hydrogen) atoms. The summed E-state index contributed by atoms with van der Waals surface area (Å²) in [5, 5.41) is 7.35. The summed E-state index contributed by atoms with van der Waals surface area (Å²) in [6.07, 6.45) is 5.80. The van der Waals surface area contributed by atoms with E-state index in [0.29, 0.717) is 0 Å². The molecular weight excluding hydrogens is 300 g/mol. The van der Waals surface area contributed by atoms with Gasteiger partial charge in [-0.25, -0.2) is 0 Å². The van der Waals surface area contributed by atoms with Gasteiger partial charge in [-0.2, -0.15) is 5.10 Å². The molecule has 0 aliphatic carbocycles. The molecule has 0 spiro atoms. The molecular formula is C19H26N4O. The second-order valence-electron chi connectivity index (χ2n) is 6.96. The maximum absolute atomic E-state index is 13.1. The van der Waals surface area contributed by atoms with Crippen LogP contribution in [0.2, 0.25) is 0 Å². The molecule has 2 heterocycles. The van der Waals surface area contributed by atoms with Crippen molar-refractivity contribution in [3.05, 3.63) is 53.9 Å². The molecule has 3 rings (SSSR count). The first-order valence-electron chi connectivity index (χ1n) is 8.53. The van der Waals surface area contributed by atoms with Crippen LogP contribution in [0.1, 0.15) is 36.9 Å². The van der Waals surface area contributed by atoms with E-state index < -0.39 is 0 Å². The minimum atomic E-state index is -0.336. The zero-order valence-electron chi connectivity index (χ0n) is 14.7. The van der Waals surface area contributed by atoms with Gasteiger partial charge in [0.1, 0.15) is 6.04 Å². The van der Waals surface area contributed by atoms with Gasteiger partial charge in [-0.1, -0.05) is 37.3 Å². The smallest absolute Gasteiger partial charge is 0.244 e. The summed E-state index contributed by atoms with van der Waals surface area (Å²) in [4.78, 5) is 15.1. The number of amides is 1. The van der Waals surface area contributed by atoms with E-state index in [2.05, 4.69) is 41.6 Å². The van der Waals surface area contributed by atoms with Gasteiger partial charge < -0.3 is 10.2 Å². The van der Waals surface area contributed by atoms with Gasteiger partial charge in [-0.15, -0.1) is 0 Å². The van der Waals surface area contributed by atoms with Gasteiger partial charge in [0.25, 0.3) is 0 Å². The number of hydrogen-bond donors (Lipinski definition) is 1. The quantitative estimate of drug-likeness (QED) is 0.938. The van der Waals surface area contributed by atoms with Gasteiger partial charge in [-0.05, 0) is 25.5 Å². The largest absolute Gasteiger partial charge is 0.340 e. The lowest BCUT2D eigenvalue weighted by atomic mass is 9.76. The fraction of sp³-hybridized carbons (Fsp3) is 0.474. The molecule has 2 aromatic rings. The zero-order chi connectivity index (χ0) is 17.2. The van der Waals surface area contributed by atoms with E-state index >= 15 is 0 Å². The third kappa shape index (κ3) is 3.22. The van der Waals surface area contributed by atoms with Crippen LogP contribution in [0, 0.1) is 0 Å². The number of likely N-dealkylation sites (N-methyl/N-ethyl adjacent to an activating group) is 1. The number of hydrogen-bond acceptors (Lipinski definition) is 3. The highest BCUT2D eigenvalue weighted by atomic mass is 16.2. The molecule has 0 radical (unpaired) electrons. The Morgan fingerprint density at radius 1 is 1.33 bits per heavy atom. The van der Waals surface area contributed by atoms with Crippen molar-refractivity contribution in [2.24, 2.45) is 7.05 Å². The average Bonchev–Trinajstić information content (AvgIpc) is 3.02. The Morgan fingerprint density at radius 2 is 2.08 bits per heavy atom. The van der Waals surface area contributed by atoms with Crippen LogP contribution in [0.4, 0.5) is 0 Å². The van der Waals surface area contributed by atoms with Crippen molar-refractivity contribution >= 4 is 5.91 Å². The minimum absolute atomic E-state index is 0.0163. The fourth-order valence-corrected chi connectivity index (χ4v) is 3.71.